The second kappa shape index (κ2) is 4.02. The van der Waals surface area contributed by atoms with Gasteiger partial charge in [0.25, 0.3) is 0 Å². The van der Waals surface area contributed by atoms with Gasteiger partial charge in [0.15, 0.2) is 0 Å². The van der Waals surface area contributed by atoms with Gasteiger partial charge in [-0.2, -0.15) is 5.26 Å². The van der Waals surface area contributed by atoms with Crippen molar-refractivity contribution in [1.82, 2.24) is 0 Å². The van der Waals surface area contributed by atoms with Crippen LogP contribution < -0.4 is 4.74 Å². The Labute approximate surface area is 92.6 Å². The Balaban J connectivity index is 3.17. The molecular formula is C11H12BrNO. The van der Waals surface area contributed by atoms with E-state index in [1.165, 1.54) is 0 Å². The van der Waals surface area contributed by atoms with Crippen LogP contribution in [-0.2, 0) is 5.41 Å². The SMILES string of the molecule is COc1ccc(C(C)(C)C#N)cc1Br. The highest BCUT2D eigenvalue weighted by atomic mass is 79.9. The van der Waals surface area contributed by atoms with Crippen LogP contribution in [0.4, 0.5) is 0 Å². The first kappa shape index (κ1) is 11.1. The Morgan fingerprint density at radius 2 is 2.07 bits per heavy atom. The van der Waals surface area contributed by atoms with E-state index < -0.39 is 5.41 Å². The predicted octanol–water partition coefficient (Wildman–Crippen LogP) is 3.26. The van der Waals surface area contributed by atoms with E-state index >= 15 is 0 Å². The molecule has 1 rings (SSSR count). The number of hydrogen-bond acceptors (Lipinski definition) is 2. The van der Waals surface area contributed by atoms with Crippen molar-refractivity contribution < 1.29 is 4.74 Å². The van der Waals surface area contributed by atoms with Crippen molar-refractivity contribution >= 4 is 15.9 Å². The van der Waals surface area contributed by atoms with Crippen molar-refractivity contribution in [3.8, 4) is 11.8 Å². The molecular weight excluding hydrogens is 242 g/mol. The molecule has 74 valence electrons. The fourth-order valence-corrected chi connectivity index (χ4v) is 1.66. The van der Waals surface area contributed by atoms with Gasteiger partial charge in [0.05, 0.1) is 23.1 Å². The third-order valence-electron chi connectivity index (χ3n) is 2.15. The lowest BCUT2D eigenvalue weighted by atomic mass is 9.86. The molecule has 1 aromatic carbocycles. The Morgan fingerprint density at radius 3 is 2.50 bits per heavy atom. The van der Waals surface area contributed by atoms with Crippen molar-refractivity contribution in [1.29, 1.82) is 5.26 Å². The number of benzene rings is 1. The average molecular weight is 254 g/mol. The molecule has 0 aliphatic carbocycles. The third kappa shape index (κ3) is 2.08. The molecule has 0 spiro atoms. The van der Waals surface area contributed by atoms with Crippen molar-refractivity contribution in [2.45, 2.75) is 19.3 Å². The zero-order chi connectivity index (χ0) is 10.8. The minimum Gasteiger partial charge on any atom is -0.496 e. The molecule has 2 nitrogen and oxygen atoms in total. The number of methoxy groups -OCH3 is 1. The quantitative estimate of drug-likeness (QED) is 0.811. The molecule has 0 amide bonds. The second-order valence-electron chi connectivity index (χ2n) is 3.59. The molecule has 1 aromatic rings. The monoisotopic (exact) mass is 253 g/mol. The van der Waals surface area contributed by atoms with Crippen LogP contribution in [-0.4, -0.2) is 7.11 Å². The van der Waals surface area contributed by atoms with E-state index in [2.05, 4.69) is 22.0 Å². The van der Waals surface area contributed by atoms with Gasteiger partial charge in [0, 0.05) is 0 Å². The number of nitrogens with zero attached hydrogens (tertiary/aromatic N) is 1. The second-order valence-corrected chi connectivity index (χ2v) is 4.44. The summed E-state index contributed by atoms with van der Waals surface area (Å²) in [5, 5.41) is 8.97. The van der Waals surface area contributed by atoms with E-state index in [0.717, 1.165) is 15.8 Å². The summed E-state index contributed by atoms with van der Waals surface area (Å²) in [5.74, 6) is 0.780. The summed E-state index contributed by atoms with van der Waals surface area (Å²) in [6.45, 7) is 3.78. The molecule has 3 heteroatoms. The van der Waals surface area contributed by atoms with Crippen molar-refractivity contribution in [2.24, 2.45) is 0 Å². The third-order valence-corrected chi connectivity index (χ3v) is 2.77. The van der Waals surface area contributed by atoms with E-state index in [0.29, 0.717) is 0 Å². The zero-order valence-electron chi connectivity index (χ0n) is 8.47. The largest absolute Gasteiger partial charge is 0.496 e. The lowest BCUT2D eigenvalue weighted by Crippen LogP contribution is -2.13. The van der Waals surface area contributed by atoms with E-state index in [9.17, 15) is 0 Å². The van der Waals surface area contributed by atoms with Crippen LogP contribution in [0.25, 0.3) is 0 Å². The topological polar surface area (TPSA) is 33.0 Å². The van der Waals surface area contributed by atoms with Gasteiger partial charge in [-0.25, -0.2) is 0 Å². The van der Waals surface area contributed by atoms with E-state index in [1.807, 2.05) is 32.0 Å². The van der Waals surface area contributed by atoms with E-state index in [1.54, 1.807) is 7.11 Å². The molecule has 14 heavy (non-hydrogen) atoms. The lowest BCUT2D eigenvalue weighted by molar-refractivity contribution is 0.411. The van der Waals surface area contributed by atoms with Gasteiger partial charge >= 0.3 is 0 Å². The van der Waals surface area contributed by atoms with Crippen molar-refractivity contribution in [2.75, 3.05) is 7.11 Å². The van der Waals surface area contributed by atoms with E-state index in [-0.39, 0.29) is 0 Å². The summed E-state index contributed by atoms with van der Waals surface area (Å²) >= 11 is 3.39. The molecule has 0 saturated carbocycles. The highest BCUT2D eigenvalue weighted by Crippen LogP contribution is 2.30. The fourth-order valence-electron chi connectivity index (χ4n) is 1.12. The first-order valence-electron chi connectivity index (χ1n) is 4.26. The van der Waals surface area contributed by atoms with Crippen LogP contribution in [0.15, 0.2) is 22.7 Å². The number of halogens is 1. The molecule has 0 aliphatic heterocycles. The maximum absolute atomic E-state index is 8.97. The first-order chi connectivity index (χ1) is 6.51. The summed E-state index contributed by atoms with van der Waals surface area (Å²) < 4.78 is 5.99. The average Bonchev–Trinajstić information content (AvgIpc) is 2.17. The Kier molecular flexibility index (Phi) is 3.17. The Bertz CT molecular complexity index is 379. The van der Waals surface area contributed by atoms with Crippen LogP contribution in [0.3, 0.4) is 0 Å². The molecule has 0 unspecified atom stereocenters. The van der Waals surface area contributed by atoms with Crippen LogP contribution in [0, 0.1) is 11.3 Å². The normalized spacial score (nSPS) is 10.8. The lowest BCUT2D eigenvalue weighted by Gasteiger charge is -2.16. The van der Waals surface area contributed by atoms with Gasteiger partial charge in [-0.1, -0.05) is 6.07 Å². The molecule has 0 aromatic heterocycles. The van der Waals surface area contributed by atoms with E-state index in [4.69, 9.17) is 10.00 Å². The van der Waals surface area contributed by atoms with Crippen LogP contribution in [0.5, 0.6) is 5.75 Å². The van der Waals surface area contributed by atoms with Gasteiger partial charge in [-0.3, -0.25) is 0 Å². The van der Waals surface area contributed by atoms with Gasteiger partial charge in [-0.05, 0) is 47.5 Å². The highest BCUT2D eigenvalue weighted by molar-refractivity contribution is 9.10. The number of nitriles is 1. The van der Waals surface area contributed by atoms with Crippen LogP contribution >= 0.6 is 15.9 Å². The molecule has 0 saturated heterocycles. The summed E-state index contributed by atoms with van der Waals surface area (Å²) in [5.41, 5.74) is 0.516. The number of hydrogen-bond donors (Lipinski definition) is 0. The summed E-state index contributed by atoms with van der Waals surface area (Å²) in [6.07, 6.45) is 0. The molecule has 0 heterocycles. The Hall–Kier alpha value is -1.01. The van der Waals surface area contributed by atoms with Crippen molar-refractivity contribution in [3.05, 3.63) is 28.2 Å². The van der Waals surface area contributed by atoms with Gasteiger partial charge in [-0.15, -0.1) is 0 Å². The summed E-state index contributed by atoms with van der Waals surface area (Å²) in [6, 6.07) is 7.95. The van der Waals surface area contributed by atoms with Gasteiger partial charge in [0.2, 0.25) is 0 Å². The molecule has 0 aliphatic rings. The van der Waals surface area contributed by atoms with Crippen LogP contribution in [0.2, 0.25) is 0 Å². The highest BCUT2D eigenvalue weighted by Gasteiger charge is 2.20. The molecule has 0 radical (unpaired) electrons. The smallest absolute Gasteiger partial charge is 0.133 e. The van der Waals surface area contributed by atoms with Gasteiger partial charge in [0.1, 0.15) is 5.75 Å². The van der Waals surface area contributed by atoms with Crippen molar-refractivity contribution in [3.63, 3.8) is 0 Å². The minimum atomic E-state index is -0.464. The summed E-state index contributed by atoms with van der Waals surface area (Å²) in [7, 11) is 1.62. The zero-order valence-corrected chi connectivity index (χ0v) is 10.1. The minimum absolute atomic E-state index is 0.464. The van der Waals surface area contributed by atoms with Crippen LogP contribution in [0.1, 0.15) is 19.4 Å². The number of ether oxygens (including phenoxy) is 1. The first-order valence-corrected chi connectivity index (χ1v) is 5.06. The molecule has 0 N–H and O–H groups in total. The fraction of sp³-hybridized carbons (Fsp3) is 0.364. The maximum atomic E-state index is 8.97. The summed E-state index contributed by atoms with van der Waals surface area (Å²) in [4.78, 5) is 0. The van der Waals surface area contributed by atoms with Gasteiger partial charge < -0.3 is 4.74 Å². The number of rotatable bonds is 2. The molecule has 0 fully saturated rings. The Morgan fingerprint density at radius 1 is 1.43 bits per heavy atom. The molecule has 0 bridgehead atoms. The predicted molar refractivity (Wildman–Crippen MR) is 59.3 cm³/mol. The molecule has 0 atom stereocenters. The standard InChI is InChI=1S/C11H12BrNO/c1-11(2,7-13)8-4-5-10(14-3)9(12)6-8/h4-6H,1-3H3. The maximum Gasteiger partial charge on any atom is 0.133 e.